The maximum atomic E-state index is 12.3. The van der Waals surface area contributed by atoms with Gasteiger partial charge in [0.2, 0.25) is 5.91 Å². The molecular weight excluding hydrogens is 392 g/mol. The monoisotopic (exact) mass is 412 g/mol. The molecule has 0 aliphatic carbocycles. The number of anilines is 1. The van der Waals surface area contributed by atoms with Gasteiger partial charge >= 0.3 is 0 Å². The Morgan fingerprint density at radius 1 is 1.12 bits per heavy atom. The molecule has 0 aliphatic heterocycles. The van der Waals surface area contributed by atoms with Crippen molar-refractivity contribution in [1.29, 1.82) is 0 Å². The van der Waals surface area contributed by atoms with Gasteiger partial charge in [-0.3, -0.25) is 4.79 Å². The Bertz CT molecular complexity index is 632. The molecule has 2 rings (SSSR count). The van der Waals surface area contributed by atoms with Crippen molar-refractivity contribution in [2.24, 2.45) is 0 Å². The van der Waals surface area contributed by atoms with Crippen molar-refractivity contribution in [2.75, 3.05) is 25.4 Å². The summed E-state index contributed by atoms with van der Waals surface area (Å²) in [5.74, 6) is 0.895. The van der Waals surface area contributed by atoms with Gasteiger partial charge < -0.3 is 15.4 Å². The molecule has 24 heavy (non-hydrogen) atoms. The van der Waals surface area contributed by atoms with E-state index in [-0.39, 0.29) is 18.3 Å². The van der Waals surface area contributed by atoms with E-state index in [9.17, 15) is 4.79 Å². The van der Waals surface area contributed by atoms with Crippen LogP contribution in [0.1, 0.15) is 12.5 Å². The Hall–Kier alpha value is -1.72. The van der Waals surface area contributed by atoms with Crippen LogP contribution in [0.5, 0.6) is 5.75 Å². The van der Waals surface area contributed by atoms with Crippen LogP contribution in [0, 0.1) is 0 Å². The fourth-order valence-corrected chi connectivity index (χ4v) is 2.45. The van der Waals surface area contributed by atoms with Crippen molar-refractivity contribution in [3.63, 3.8) is 0 Å². The van der Waals surface area contributed by atoms with Crippen molar-refractivity contribution in [1.82, 2.24) is 4.90 Å². The molecule has 0 aromatic heterocycles. The minimum absolute atomic E-state index is 0. The number of hydrogen-bond acceptors (Lipinski definition) is 3. The number of amides is 1. The molecule has 2 aromatic carbocycles. The molecule has 4 nitrogen and oxygen atoms in total. The third kappa shape index (κ3) is 6.42. The number of halogens is 2. The molecular formula is C18H22BrClN2O2. The van der Waals surface area contributed by atoms with Crippen LogP contribution in [0.4, 0.5) is 5.69 Å². The van der Waals surface area contributed by atoms with Gasteiger partial charge in [-0.1, -0.05) is 28.1 Å². The topological polar surface area (TPSA) is 55.6 Å². The van der Waals surface area contributed by atoms with Crippen molar-refractivity contribution in [3.8, 4) is 5.75 Å². The summed E-state index contributed by atoms with van der Waals surface area (Å²) in [5.41, 5.74) is 7.33. The molecule has 0 saturated heterocycles. The van der Waals surface area contributed by atoms with E-state index in [0.29, 0.717) is 31.8 Å². The van der Waals surface area contributed by atoms with Gasteiger partial charge in [-0.2, -0.15) is 0 Å². The first kappa shape index (κ1) is 20.3. The molecule has 0 saturated carbocycles. The highest BCUT2D eigenvalue weighted by Gasteiger charge is 2.12. The molecule has 0 aliphatic rings. The van der Waals surface area contributed by atoms with Crippen LogP contribution in [0.25, 0.3) is 0 Å². The first-order valence-corrected chi connectivity index (χ1v) is 8.38. The third-order valence-corrected chi connectivity index (χ3v) is 4.04. The maximum absolute atomic E-state index is 12.3. The SMILES string of the molecule is CCN(CCOc1ccc(Br)cc1)C(=O)Cc1ccc(N)cc1.Cl. The second-order valence-corrected chi connectivity index (χ2v) is 6.11. The first-order valence-electron chi connectivity index (χ1n) is 7.59. The zero-order chi connectivity index (χ0) is 16.7. The van der Waals surface area contributed by atoms with E-state index in [1.54, 1.807) is 4.90 Å². The lowest BCUT2D eigenvalue weighted by atomic mass is 10.1. The second kappa shape index (κ2) is 10.2. The van der Waals surface area contributed by atoms with Crippen LogP contribution in [0.15, 0.2) is 53.0 Å². The number of rotatable bonds is 7. The lowest BCUT2D eigenvalue weighted by Gasteiger charge is -2.21. The lowest BCUT2D eigenvalue weighted by Crippen LogP contribution is -2.35. The van der Waals surface area contributed by atoms with Gasteiger partial charge in [0.1, 0.15) is 12.4 Å². The third-order valence-electron chi connectivity index (χ3n) is 3.51. The molecule has 2 N–H and O–H groups in total. The lowest BCUT2D eigenvalue weighted by molar-refractivity contribution is -0.130. The molecule has 0 radical (unpaired) electrons. The summed E-state index contributed by atoms with van der Waals surface area (Å²) < 4.78 is 6.69. The van der Waals surface area contributed by atoms with E-state index in [1.165, 1.54) is 0 Å². The number of nitrogen functional groups attached to an aromatic ring is 1. The van der Waals surface area contributed by atoms with Crippen molar-refractivity contribution >= 4 is 39.9 Å². The van der Waals surface area contributed by atoms with E-state index in [2.05, 4.69) is 15.9 Å². The molecule has 0 fully saturated rings. The normalized spacial score (nSPS) is 9.92. The zero-order valence-electron chi connectivity index (χ0n) is 13.6. The van der Waals surface area contributed by atoms with Gasteiger partial charge in [-0.25, -0.2) is 0 Å². The van der Waals surface area contributed by atoms with Crippen LogP contribution in [0.3, 0.4) is 0 Å². The summed E-state index contributed by atoms with van der Waals surface area (Å²) in [6.45, 7) is 3.68. The summed E-state index contributed by atoms with van der Waals surface area (Å²) in [6.07, 6.45) is 0.381. The van der Waals surface area contributed by atoms with E-state index in [1.807, 2.05) is 55.5 Å². The Labute approximate surface area is 157 Å². The predicted molar refractivity (Wildman–Crippen MR) is 104 cm³/mol. The molecule has 1 amide bonds. The number of ether oxygens (including phenoxy) is 1. The van der Waals surface area contributed by atoms with Crippen molar-refractivity contribution in [2.45, 2.75) is 13.3 Å². The number of nitrogens with zero attached hydrogens (tertiary/aromatic N) is 1. The van der Waals surface area contributed by atoms with E-state index in [4.69, 9.17) is 10.5 Å². The average molecular weight is 414 g/mol. The number of nitrogens with two attached hydrogens (primary N) is 1. The molecule has 0 spiro atoms. The Balaban J connectivity index is 0.00000288. The molecule has 0 heterocycles. The van der Waals surface area contributed by atoms with E-state index in [0.717, 1.165) is 15.8 Å². The van der Waals surface area contributed by atoms with Gasteiger partial charge in [-0.05, 0) is 48.9 Å². The minimum atomic E-state index is 0. The van der Waals surface area contributed by atoms with Gasteiger partial charge in [0.05, 0.1) is 13.0 Å². The average Bonchev–Trinajstić information content (AvgIpc) is 2.55. The highest BCUT2D eigenvalue weighted by atomic mass is 79.9. The maximum Gasteiger partial charge on any atom is 0.227 e. The largest absolute Gasteiger partial charge is 0.492 e. The highest BCUT2D eigenvalue weighted by Crippen LogP contribution is 2.16. The minimum Gasteiger partial charge on any atom is -0.492 e. The summed E-state index contributed by atoms with van der Waals surface area (Å²) in [6, 6.07) is 15.1. The number of carbonyl (C=O) groups excluding carboxylic acids is 1. The summed E-state index contributed by atoms with van der Waals surface area (Å²) >= 11 is 3.39. The first-order chi connectivity index (χ1) is 11.1. The summed E-state index contributed by atoms with van der Waals surface area (Å²) in [4.78, 5) is 14.1. The number of benzene rings is 2. The molecule has 6 heteroatoms. The van der Waals surface area contributed by atoms with Crippen LogP contribution >= 0.6 is 28.3 Å². The quantitative estimate of drug-likeness (QED) is 0.700. The molecule has 0 atom stereocenters. The summed E-state index contributed by atoms with van der Waals surface area (Å²) in [5, 5.41) is 0. The summed E-state index contributed by atoms with van der Waals surface area (Å²) in [7, 11) is 0. The van der Waals surface area contributed by atoms with Gasteiger partial charge in [0.15, 0.2) is 0 Å². The standard InChI is InChI=1S/C18H21BrN2O2.ClH/c1-2-21(11-12-23-17-9-5-15(19)6-10-17)18(22)13-14-3-7-16(20)8-4-14;/h3-10H,2,11-13,20H2,1H3;1H. The Morgan fingerprint density at radius 3 is 2.33 bits per heavy atom. The predicted octanol–water partition coefficient (Wildman–Crippen LogP) is 3.92. The van der Waals surface area contributed by atoms with Gasteiger partial charge in [0, 0.05) is 16.7 Å². The van der Waals surface area contributed by atoms with Gasteiger partial charge in [-0.15, -0.1) is 12.4 Å². The molecule has 130 valence electrons. The Kier molecular flexibility index (Phi) is 8.65. The van der Waals surface area contributed by atoms with Crippen LogP contribution in [0.2, 0.25) is 0 Å². The highest BCUT2D eigenvalue weighted by molar-refractivity contribution is 9.10. The number of likely N-dealkylation sites (N-methyl/N-ethyl adjacent to an activating group) is 1. The van der Waals surface area contributed by atoms with Crippen LogP contribution in [-0.4, -0.2) is 30.5 Å². The van der Waals surface area contributed by atoms with Gasteiger partial charge in [0.25, 0.3) is 0 Å². The number of hydrogen-bond donors (Lipinski definition) is 1. The fraction of sp³-hybridized carbons (Fsp3) is 0.278. The molecule has 0 bridgehead atoms. The van der Waals surface area contributed by atoms with Crippen LogP contribution in [-0.2, 0) is 11.2 Å². The smallest absolute Gasteiger partial charge is 0.227 e. The fourth-order valence-electron chi connectivity index (χ4n) is 2.19. The van der Waals surface area contributed by atoms with Crippen LogP contribution < -0.4 is 10.5 Å². The van der Waals surface area contributed by atoms with E-state index >= 15 is 0 Å². The molecule has 0 unspecified atom stereocenters. The number of carbonyl (C=O) groups is 1. The van der Waals surface area contributed by atoms with Crippen molar-refractivity contribution < 1.29 is 9.53 Å². The van der Waals surface area contributed by atoms with Crippen molar-refractivity contribution in [3.05, 3.63) is 58.6 Å². The second-order valence-electron chi connectivity index (χ2n) is 5.19. The zero-order valence-corrected chi connectivity index (χ0v) is 16.0. The molecule has 2 aromatic rings. The Morgan fingerprint density at radius 2 is 1.75 bits per heavy atom. The van der Waals surface area contributed by atoms with E-state index < -0.39 is 0 Å².